The minimum atomic E-state index is -3.73. The molecule has 0 unspecified atom stereocenters. The van der Waals surface area contributed by atoms with Crippen LogP contribution in [0.1, 0.15) is 11.1 Å². The first kappa shape index (κ1) is 20.6. The first-order valence-electron chi connectivity index (χ1n) is 9.28. The second-order valence-electron chi connectivity index (χ2n) is 6.77. The first-order valence-corrected chi connectivity index (χ1v) is 12.0. The Morgan fingerprint density at radius 1 is 1.00 bits per heavy atom. The number of sulfonamides is 1. The molecular formula is C22H20FN3O2S2. The number of hydrogen-bond donors (Lipinski definition) is 1. The van der Waals surface area contributed by atoms with Crippen LogP contribution in [-0.2, 0) is 23.1 Å². The highest BCUT2D eigenvalue weighted by Crippen LogP contribution is 2.26. The van der Waals surface area contributed by atoms with Crippen LogP contribution in [0.5, 0.6) is 0 Å². The molecule has 3 aromatic carbocycles. The number of imidazole rings is 1. The zero-order valence-electron chi connectivity index (χ0n) is 16.2. The summed E-state index contributed by atoms with van der Waals surface area (Å²) in [6.07, 6.45) is 1.95. The number of rotatable bonds is 7. The Hall–Kier alpha value is -2.68. The molecule has 0 atom stereocenters. The van der Waals surface area contributed by atoms with Gasteiger partial charge in [0.25, 0.3) is 0 Å². The molecule has 4 rings (SSSR count). The van der Waals surface area contributed by atoms with E-state index in [-0.39, 0.29) is 17.3 Å². The smallest absolute Gasteiger partial charge is 0.240 e. The van der Waals surface area contributed by atoms with Gasteiger partial charge < -0.3 is 4.57 Å². The van der Waals surface area contributed by atoms with Crippen LogP contribution >= 0.6 is 11.8 Å². The molecule has 8 heteroatoms. The summed E-state index contributed by atoms with van der Waals surface area (Å²) in [6.45, 7) is 0.738. The number of halogens is 1. The van der Waals surface area contributed by atoms with Crippen molar-refractivity contribution in [3.05, 3.63) is 89.7 Å². The van der Waals surface area contributed by atoms with Gasteiger partial charge in [-0.05, 0) is 47.7 Å². The first-order chi connectivity index (χ1) is 14.5. The third-order valence-electron chi connectivity index (χ3n) is 4.74. The van der Waals surface area contributed by atoms with Gasteiger partial charge in [-0.1, -0.05) is 54.2 Å². The number of nitrogens with one attached hydrogen (secondary N) is 1. The molecule has 1 N–H and O–H groups in total. The lowest BCUT2D eigenvalue weighted by Gasteiger charge is -2.09. The average molecular weight is 442 g/mol. The molecule has 0 saturated heterocycles. The molecule has 0 aliphatic heterocycles. The van der Waals surface area contributed by atoms with Crippen LogP contribution in [0.3, 0.4) is 0 Å². The normalized spacial score (nSPS) is 11.8. The quantitative estimate of drug-likeness (QED) is 0.431. The van der Waals surface area contributed by atoms with Gasteiger partial charge in [0.05, 0.1) is 22.5 Å². The molecule has 0 amide bonds. The predicted molar refractivity (Wildman–Crippen MR) is 117 cm³/mol. The minimum absolute atomic E-state index is 0.0825. The summed E-state index contributed by atoms with van der Waals surface area (Å²) in [5.74, 6) is -0.359. The van der Waals surface area contributed by atoms with Gasteiger partial charge in [-0.15, -0.1) is 0 Å². The van der Waals surface area contributed by atoms with Crippen LogP contribution in [-0.4, -0.2) is 24.2 Å². The fraction of sp³-hybridized carbons (Fsp3) is 0.136. The van der Waals surface area contributed by atoms with E-state index in [0.717, 1.165) is 16.2 Å². The maximum atomic E-state index is 13.0. The maximum absolute atomic E-state index is 13.0. The second-order valence-corrected chi connectivity index (χ2v) is 9.31. The number of aromatic nitrogens is 2. The molecule has 0 aliphatic rings. The molecule has 0 radical (unpaired) electrons. The molecule has 0 saturated carbocycles. The van der Waals surface area contributed by atoms with Crippen molar-refractivity contribution in [3.63, 3.8) is 0 Å². The van der Waals surface area contributed by atoms with Crippen molar-refractivity contribution >= 4 is 32.8 Å². The number of nitrogens with zero attached hydrogens (tertiary/aromatic N) is 2. The Bertz CT molecular complexity index is 1270. The van der Waals surface area contributed by atoms with Crippen LogP contribution < -0.4 is 4.72 Å². The van der Waals surface area contributed by atoms with E-state index >= 15 is 0 Å². The molecule has 30 heavy (non-hydrogen) atoms. The number of benzene rings is 3. The predicted octanol–water partition coefficient (Wildman–Crippen LogP) is 4.42. The van der Waals surface area contributed by atoms with E-state index in [1.165, 1.54) is 23.9 Å². The van der Waals surface area contributed by atoms with E-state index in [4.69, 9.17) is 0 Å². The maximum Gasteiger partial charge on any atom is 0.240 e. The van der Waals surface area contributed by atoms with E-state index in [9.17, 15) is 12.8 Å². The van der Waals surface area contributed by atoms with Gasteiger partial charge in [0.2, 0.25) is 10.0 Å². The van der Waals surface area contributed by atoms with Crippen molar-refractivity contribution in [2.45, 2.75) is 23.1 Å². The monoisotopic (exact) mass is 441 g/mol. The average Bonchev–Trinajstić information content (AvgIpc) is 3.11. The fourth-order valence-corrected chi connectivity index (χ4v) is 4.80. The van der Waals surface area contributed by atoms with Crippen LogP contribution in [0.15, 0.2) is 82.8 Å². The molecule has 0 bridgehead atoms. The summed E-state index contributed by atoms with van der Waals surface area (Å²) in [7, 11) is -3.73. The summed E-state index contributed by atoms with van der Waals surface area (Å²) < 4.78 is 43.2. The zero-order valence-corrected chi connectivity index (χ0v) is 17.9. The van der Waals surface area contributed by atoms with Crippen LogP contribution in [0, 0.1) is 5.82 Å². The number of thioether (sulfide) groups is 1. The summed E-state index contributed by atoms with van der Waals surface area (Å²) in [4.78, 5) is 4.77. The van der Waals surface area contributed by atoms with E-state index in [1.807, 2.05) is 36.6 Å². The topological polar surface area (TPSA) is 64.0 Å². The molecule has 1 aromatic heterocycles. The Kier molecular flexibility index (Phi) is 5.90. The molecule has 1 heterocycles. The fourth-order valence-electron chi connectivity index (χ4n) is 3.19. The Labute approximate surface area is 179 Å². The van der Waals surface area contributed by atoms with Gasteiger partial charge in [0.15, 0.2) is 5.16 Å². The number of hydrogen-bond acceptors (Lipinski definition) is 4. The van der Waals surface area contributed by atoms with Crippen LogP contribution in [0.2, 0.25) is 0 Å². The van der Waals surface area contributed by atoms with Gasteiger partial charge >= 0.3 is 0 Å². The van der Waals surface area contributed by atoms with Gasteiger partial charge in [-0.25, -0.2) is 22.5 Å². The van der Waals surface area contributed by atoms with Crippen molar-refractivity contribution in [1.82, 2.24) is 14.3 Å². The molecule has 5 nitrogen and oxygen atoms in total. The summed E-state index contributed by atoms with van der Waals surface area (Å²) in [5.41, 5.74) is 3.32. The summed E-state index contributed by atoms with van der Waals surface area (Å²) in [6, 6.07) is 20.7. The largest absolute Gasteiger partial charge is 0.314 e. The van der Waals surface area contributed by atoms with E-state index in [0.29, 0.717) is 17.6 Å². The molecule has 0 fully saturated rings. The van der Waals surface area contributed by atoms with Crippen molar-refractivity contribution in [1.29, 1.82) is 0 Å². The standard InChI is InChI=1S/C22H20FN3O2S2/c1-29-22-25-20-13-19(30(27,28)24-14-16-7-9-18(23)10-8-16)11-12-21(20)26(22)15-17-5-3-2-4-6-17/h2-13,24H,14-15H2,1H3. The summed E-state index contributed by atoms with van der Waals surface area (Å²) >= 11 is 1.52. The molecule has 154 valence electrons. The Morgan fingerprint density at radius 2 is 1.73 bits per heavy atom. The van der Waals surface area contributed by atoms with E-state index < -0.39 is 10.0 Å². The van der Waals surface area contributed by atoms with Crippen LogP contribution in [0.4, 0.5) is 4.39 Å². The van der Waals surface area contributed by atoms with Crippen molar-refractivity contribution < 1.29 is 12.8 Å². The Balaban J connectivity index is 1.61. The van der Waals surface area contributed by atoms with Crippen molar-refractivity contribution in [3.8, 4) is 0 Å². The van der Waals surface area contributed by atoms with Crippen molar-refractivity contribution in [2.24, 2.45) is 0 Å². The lowest BCUT2D eigenvalue weighted by Crippen LogP contribution is -2.23. The molecular weight excluding hydrogens is 421 g/mol. The zero-order chi connectivity index (χ0) is 21.1. The molecule has 4 aromatic rings. The van der Waals surface area contributed by atoms with Gasteiger partial charge in [-0.3, -0.25) is 0 Å². The molecule has 0 spiro atoms. The van der Waals surface area contributed by atoms with Crippen LogP contribution in [0.25, 0.3) is 11.0 Å². The SMILES string of the molecule is CSc1nc2cc(S(=O)(=O)NCc3ccc(F)cc3)ccc2n1Cc1ccccc1. The van der Waals surface area contributed by atoms with E-state index in [1.54, 1.807) is 30.3 Å². The van der Waals surface area contributed by atoms with Crippen molar-refractivity contribution in [2.75, 3.05) is 6.26 Å². The lowest BCUT2D eigenvalue weighted by atomic mass is 10.2. The van der Waals surface area contributed by atoms with Gasteiger partial charge in [0.1, 0.15) is 5.82 Å². The van der Waals surface area contributed by atoms with Gasteiger partial charge in [-0.2, -0.15) is 0 Å². The highest BCUT2D eigenvalue weighted by atomic mass is 32.2. The highest BCUT2D eigenvalue weighted by Gasteiger charge is 2.17. The number of fused-ring (bicyclic) bond motifs is 1. The van der Waals surface area contributed by atoms with E-state index in [2.05, 4.69) is 14.3 Å². The minimum Gasteiger partial charge on any atom is -0.314 e. The highest BCUT2D eigenvalue weighted by molar-refractivity contribution is 7.98. The lowest BCUT2D eigenvalue weighted by molar-refractivity contribution is 0.581. The third kappa shape index (κ3) is 4.40. The Morgan fingerprint density at radius 3 is 2.43 bits per heavy atom. The third-order valence-corrected chi connectivity index (χ3v) is 6.82. The molecule has 0 aliphatic carbocycles. The van der Waals surface area contributed by atoms with Gasteiger partial charge in [0, 0.05) is 6.54 Å². The summed E-state index contributed by atoms with van der Waals surface area (Å²) in [5, 5.41) is 0.822. The second kappa shape index (κ2) is 8.59.